The van der Waals surface area contributed by atoms with Crippen molar-refractivity contribution < 1.29 is 101 Å². The van der Waals surface area contributed by atoms with Gasteiger partial charge in [0.25, 0.3) is 0 Å². The average molecular weight is 2750 g/mol. The van der Waals surface area contributed by atoms with Gasteiger partial charge < -0.3 is 22.8 Å². The first kappa shape index (κ1) is 101. The summed E-state index contributed by atoms with van der Waals surface area (Å²) in [7, 11) is 0. The molecule has 23 rings (SSSR count). The molecule has 0 atom stereocenters. The molecule has 15 nitrogen and oxygen atoms in total. The van der Waals surface area contributed by atoms with Gasteiger partial charge in [0.05, 0.1) is 62.4 Å². The number of hydrogen-bond acceptors (Lipinski definition) is 15. The van der Waals surface area contributed by atoms with Crippen LogP contribution in [0.4, 0.5) is 0 Å². The van der Waals surface area contributed by atoms with Crippen molar-refractivity contribution in [3.05, 3.63) is 400 Å². The van der Waals surface area contributed by atoms with E-state index in [-0.39, 0.29) is 101 Å². The second kappa shape index (κ2) is 45.3. The third-order valence-electron chi connectivity index (χ3n) is 23.2. The van der Waals surface area contributed by atoms with E-state index in [1.54, 1.807) is 56.7 Å². The Morgan fingerprint density at radius 3 is 0.801 bits per heavy atom. The molecule has 0 aliphatic carbocycles. The van der Waals surface area contributed by atoms with E-state index in [0.29, 0.717) is 11.8 Å². The third kappa shape index (κ3) is 20.6. The first-order valence-electron chi connectivity index (χ1n) is 43.2. The fraction of sp³-hybridized carbons (Fsp3) is 0.117. The van der Waals surface area contributed by atoms with E-state index < -0.39 is 0 Å². The molecular weight excluding hydrogens is 2660 g/mol. The quantitative estimate of drug-likeness (QED) is 0.0906. The Bertz CT molecular complexity index is 7870. The van der Waals surface area contributed by atoms with Gasteiger partial charge in [0, 0.05) is 224 Å². The van der Waals surface area contributed by atoms with Crippen molar-refractivity contribution in [3.8, 4) is 119 Å². The van der Waals surface area contributed by atoms with Gasteiger partial charge in [0.2, 0.25) is 0 Å². The summed E-state index contributed by atoms with van der Waals surface area (Å²) in [6.45, 7) is 24.0. The van der Waals surface area contributed by atoms with Crippen molar-refractivity contribution in [1.29, 1.82) is 0 Å². The predicted molar refractivity (Wildman–Crippen MR) is 543 cm³/mol. The van der Waals surface area contributed by atoms with Crippen LogP contribution in [0.15, 0.2) is 320 Å². The van der Waals surface area contributed by atoms with E-state index in [2.05, 4.69) is 350 Å². The molecule has 136 heavy (non-hydrogen) atoms. The van der Waals surface area contributed by atoms with Gasteiger partial charge in [-0.2, -0.15) is 0 Å². The number of aromatic nitrogens is 15. The minimum atomic E-state index is 0. The molecule has 23 aromatic rings. The van der Waals surface area contributed by atoms with Crippen LogP contribution >= 0.6 is 56.7 Å². The minimum Gasteiger partial charge on any atom is -0.339 e. The van der Waals surface area contributed by atoms with Crippen LogP contribution in [-0.4, -0.2) is 72.7 Å². The molecule has 0 aliphatic heterocycles. The van der Waals surface area contributed by atoms with E-state index in [9.17, 15) is 0 Å². The number of aryl methyl sites for hydroxylation is 7. The predicted octanol–water partition coefficient (Wildman–Crippen LogP) is 29.1. The van der Waals surface area contributed by atoms with Crippen molar-refractivity contribution in [3.63, 3.8) is 0 Å². The van der Waals surface area contributed by atoms with Crippen molar-refractivity contribution in [2.24, 2.45) is 0 Å². The molecule has 0 fully saturated rings. The molecule has 0 unspecified atom stereocenters. The van der Waals surface area contributed by atoms with Crippen molar-refractivity contribution >= 4 is 108 Å². The van der Waals surface area contributed by atoms with E-state index in [1.165, 1.54) is 78.3 Å². The van der Waals surface area contributed by atoms with Crippen molar-refractivity contribution in [2.45, 2.75) is 88.0 Å². The molecule has 0 N–H and O–H groups in total. The number of imidazole rings is 5. The van der Waals surface area contributed by atoms with Gasteiger partial charge >= 0.3 is 0 Å². The van der Waals surface area contributed by atoms with Crippen molar-refractivity contribution in [1.82, 2.24) is 72.7 Å². The molecule has 5 radical (unpaired) electrons. The molecule has 0 spiro atoms. The summed E-state index contributed by atoms with van der Waals surface area (Å²) in [5.41, 5.74) is 43.1. The van der Waals surface area contributed by atoms with Gasteiger partial charge in [0.1, 0.15) is 0 Å². The molecule has 0 saturated heterocycles. The maximum absolute atomic E-state index is 4.76. The summed E-state index contributed by atoms with van der Waals surface area (Å²) in [4.78, 5) is 46.0. The maximum Gasteiger partial charge on any atom is 0.0674 e. The maximum atomic E-state index is 4.76. The molecule has 10 aromatic heterocycles. The summed E-state index contributed by atoms with van der Waals surface area (Å²) < 4.78 is 16.6. The Labute approximate surface area is 878 Å². The number of hydrogen-bond donors (Lipinski definition) is 0. The second-order valence-electron chi connectivity index (χ2n) is 32.5. The zero-order valence-electron chi connectivity index (χ0n) is 75.7. The summed E-state index contributed by atoms with van der Waals surface area (Å²) in [5.74, 6) is 5.23. The fourth-order valence-electron chi connectivity index (χ4n) is 17.5. The Hall–Kier alpha value is -11.4. The van der Waals surface area contributed by atoms with Gasteiger partial charge in [-0.15, -0.1) is 148 Å². The first-order chi connectivity index (χ1) is 64.1. The monoisotopic (exact) mass is 2760 g/mol. The van der Waals surface area contributed by atoms with Crippen molar-refractivity contribution in [2.75, 3.05) is 0 Å². The fourth-order valence-corrected chi connectivity index (χ4v) is 20.9. The molecule has 10 heterocycles. The van der Waals surface area contributed by atoms with E-state index in [0.717, 1.165) is 142 Å². The topological polar surface area (TPSA) is 154 Å². The molecule has 0 bridgehead atoms. The van der Waals surface area contributed by atoms with Gasteiger partial charge in [-0.3, -0.25) is 49.8 Å². The number of para-hydroxylation sites is 3. The van der Waals surface area contributed by atoms with Crippen LogP contribution in [0.5, 0.6) is 0 Å². The Kier molecular flexibility index (Phi) is 33.5. The van der Waals surface area contributed by atoms with Gasteiger partial charge in [-0.05, 0) is 163 Å². The zero-order chi connectivity index (χ0) is 89.8. The van der Waals surface area contributed by atoms with Crippen LogP contribution in [0.3, 0.4) is 0 Å². The normalized spacial score (nSPS) is 10.9. The zero-order valence-corrected chi connectivity index (χ0v) is 91.7. The molecule has 0 saturated carbocycles. The molecule has 25 heteroatoms. The largest absolute Gasteiger partial charge is 0.339 e. The molecule has 0 aliphatic rings. The Morgan fingerprint density at radius 2 is 0.500 bits per heavy atom. The summed E-state index contributed by atoms with van der Waals surface area (Å²) in [6.07, 6.45) is 19.4. The number of rotatable bonds is 15. The van der Waals surface area contributed by atoms with Gasteiger partial charge in [-0.1, -0.05) is 219 Å². The Balaban J connectivity index is 0.000000136. The number of thiazole rings is 5. The number of fused-ring (bicyclic) bond motifs is 5. The van der Waals surface area contributed by atoms with Crippen LogP contribution in [0, 0.1) is 78.8 Å². The van der Waals surface area contributed by atoms with Crippen LogP contribution < -0.4 is 0 Å². The van der Waals surface area contributed by atoms with Crippen LogP contribution in [0.2, 0.25) is 0 Å². The Morgan fingerprint density at radius 1 is 0.243 bits per heavy atom. The number of benzene rings is 13. The molecular formula is C111H88Ir5N15S5-5. The third-order valence-corrected chi connectivity index (χ3v) is 27.2. The molecule has 0 amide bonds. The second-order valence-corrected chi connectivity index (χ2v) is 37.0. The average Bonchev–Trinajstić information content (AvgIpc) is 1.61. The first-order valence-corrected chi connectivity index (χ1v) is 47.6. The smallest absolute Gasteiger partial charge is 0.0674 e. The number of nitrogens with zero attached hydrogens (tertiary/aromatic N) is 15. The standard InChI is InChI=1S/C28H18N3S.C24H18N3S.C22H22N3S.C19H16N3S.C18H14N3S.5Ir/c1-3-9-20(10-4-1)22-13-7-14-23(21-11-5-2-6-12-21)27(22)31-18-17-29-28(31)24-15-8-16-25-26(24)30-19-32-25;1-16-13-19(18-7-4-3-5-8-18)14-17(2)23(16)27-12-11-25-24(27)20-9-6-10-21-22(20)26-15-28-21;1-14(2)16-7-5-8-17(15(3)4)21(16)25-12-11-23-22(25)18-9-6-10-19-20(18)24-13-26-19;1-12-9-13(2)18(14(3)10-12)22-8-7-20-19(22)15-5-4-6-16-17(15)21-11-23-16;1-12-5-3-6-13(2)17(12)21-10-9-19-18(21)14-7-4-8-15-16(14)20-11-22-15;;;;;/h1-14,16-19H;3-8,10-15H,1-2H3;5-8,10-15H,1-4H3;4,6-11H,1-3H3;3-6,8-11H,1-2H3;;;;;/q5*-1;;;;;. The summed E-state index contributed by atoms with van der Waals surface area (Å²) in [6, 6.07) is 96.6. The molecule has 13 aromatic carbocycles. The van der Waals surface area contributed by atoms with Gasteiger partial charge in [-0.25, -0.2) is 0 Å². The van der Waals surface area contributed by atoms with Crippen LogP contribution in [0.1, 0.15) is 89.6 Å². The van der Waals surface area contributed by atoms with Crippen LogP contribution in [0.25, 0.3) is 170 Å². The summed E-state index contributed by atoms with van der Waals surface area (Å²) >= 11 is 8.20. The van der Waals surface area contributed by atoms with Crippen LogP contribution in [-0.2, 0) is 101 Å². The van der Waals surface area contributed by atoms with E-state index in [4.69, 9.17) is 4.98 Å². The summed E-state index contributed by atoms with van der Waals surface area (Å²) in [5, 5.41) is 0. The molecule has 687 valence electrons. The minimum absolute atomic E-state index is 0. The SMILES string of the molecule is CC(C)c1cccc(C(C)C)c1-n1ccnc1-c1[c-]ccc2scnc12.Cc1cc(-c2ccccc2)cc(C)c1-n1ccnc1-c1[c-]ccc2scnc12.Cc1cc(C)c(-n2ccnc2-c2[c-]ccc3scnc23)c(C)c1.Cc1cccc(C)c1-n1ccnc1-c1[c-]ccc2scnc12.[Ir].[Ir].[Ir].[Ir].[Ir].[c-]1ccc2scnc2c1-c1nccn1-c1c(-c2ccccc2)cccc1-c1ccccc1. The van der Waals surface area contributed by atoms with E-state index in [1.807, 2.05) is 144 Å². The van der Waals surface area contributed by atoms with E-state index >= 15 is 0 Å². The van der Waals surface area contributed by atoms with Gasteiger partial charge in [0.15, 0.2) is 0 Å².